The molecule has 0 aliphatic carbocycles. The Hall–Kier alpha value is -2.18. The van der Waals surface area contributed by atoms with Crippen molar-refractivity contribution in [2.24, 2.45) is 0 Å². The van der Waals surface area contributed by atoms with Crippen molar-refractivity contribution in [3.05, 3.63) is 52.8 Å². The maximum absolute atomic E-state index is 12.7. The zero-order valence-corrected chi connectivity index (χ0v) is 15.5. The lowest BCUT2D eigenvalue weighted by molar-refractivity contribution is 0.0627. The van der Waals surface area contributed by atoms with Crippen LogP contribution in [0, 0.1) is 13.8 Å². The number of nitrogens with zero attached hydrogens (tertiary/aromatic N) is 3. The van der Waals surface area contributed by atoms with Crippen molar-refractivity contribution in [1.82, 2.24) is 14.7 Å². The lowest BCUT2D eigenvalue weighted by atomic mass is 10.1. The molecule has 25 heavy (non-hydrogen) atoms. The fourth-order valence-corrected chi connectivity index (χ4v) is 2.66. The van der Waals surface area contributed by atoms with Crippen molar-refractivity contribution >= 4 is 5.91 Å². The van der Waals surface area contributed by atoms with E-state index in [2.05, 4.69) is 11.2 Å². The van der Waals surface area contributed by atoms with Gasteiger partial charge in [0.1, 0.15) is 0 Å². The van der Waals surface area contributed by atoms with Crippen molar-refractivity contribution in [1.29, 1.82) is 0 Å². The summed E-state index contributed by atoms with van der Waals surface area (Å²) >= 11 is 0. The fraction of sp³-hybridized carbons (Fsp3) is 0.474. The third-order valence-corrected chi connectivity index (χ3v) is 4.05. The van der Waals surface area contributed by atoms with Crippen molar-refractivity contribution < 1.29 is 14.3 Å². The summed E-state index contributed by atoms with van der Waals surface area (Å²) in [5.74, 6) is -0.00763. The first-order valence-electron chi connectivity index (χ1n) is 8.42. The summed E-state index contributed by atoms with van der Waals surface area (Å²) in [6, 6.07) is 9.76. The van der Waals surface area contributed by atoms with E-state index in [1.807, 2.05) is 42.8 Å². The van der Waals surface area contributed by atoms with Crippen molar-refractivity contribution in [3.63, 3.8) is 0 Å². The number of carbonyl (C=O) groups is 1. The molecule has 0 bridgehead atoms. The number of ether oxygens (including phenoxy) is 2. The Kier molecular flexibility index (Phi) is 7.16. The molecule has 1 aromatic heterocycles. The van der Waals surface area contributed by atoms with Gasteiger partial charge in [-0.25, -0.2) is 0 Å². The molecule has 2 aromatic rings. The standard InChI is InChI=1S/C19H27N3O3/c1-15-13-16(2)22(20-15)14-17-5-7-18(8-6-17)19(23)21(9-11-24-3)10-12-25-4/h5-8,13H,9-12,14H2,1-4H3. The van der Waals surface area contributed by atoms with Crippen LogP contribution in [0.4, 0.5) is 0 Å². The van der Waals surface area contributed by atoms with Gasteiger partial charge in [-0.05, 0) is 37.6 Å². The number of methoxy groups -OCH3 is 2. The maximum Gasteiger partial charge on any atom is 0.254 e. The van der Waals surface area contributed by atoms with E-state index in [1.54, 1.807) is 19.1 Å². The molecule has 0 radical (unpaired) electrons. The van der Waals surface area contributed by atoms with Crippen LogP contribution in [0.25, 0.3) is 0 Å². The Labute approximate surface area is 149 Å². The van der Waals surface area contributed by atoms with E-state index in [-0.39, 0.29) is 5.91 Å². The SMILES string of the molecule is COCCN(CCOC)C(=O)c1ccc(Cn2nc(C)cc2C)cc1. The average molecular weight is 345 g/mol. The van der Waals surface area contributed by atoms with Crippen LogP contribution in [0.15, 0.2) is 30.3 Å². The predicted molar refractivity (Wildman–Crippen MR) is 96.9 cm³/mol. The van der Waals surface area contributed by atoms with Crippen molar-refractivity contribution in [3.8, 4) is 0 Å². The highest BCUT2D eigenvalue weighted by Gasteiger charge is 2.15. The van der Waals surface area contributed by atoms with E-state index in [0.29, 0.717) is 38.4 Å². The first-order valence-corrected chi connectivity index (χ1v) is 8.42. The van der Waals surface area contributed by atoms with Crippen LogP contribution < -0.4 is 0 Å². The Balaban J connectivity index is 2.06. The van der Waals surface area contributed by atoms with E-state index in [0.717, 1.165) is 17.0 Å². The topological polar surface area (TPSA) is 56.6 Å². The van der Waals surface area contributed by atoms with Gasteiger partial charge in [-0.3, -0.25) is 9.48 Å². The summed E-state index contributed by atoms with van der Waals surface area (Å²) in [6.45, 7) is 6.84. The van der Waals surface area contributed by atoms with Gasteiger partial charge in [0.2, 0.25) is 0 Å². The molecule has 1 heterocycles. The van der Waals surface area contributed by atoms with Gasteiger partial charge >= 0.3 is 0 Å². The van der Waals surface area contributed by atoms with Crippen LogP contribution in [0.1, 0.15) is 27.3 Å². The lowest BCUT2D eigenvalue weighted by Gasteiger charge is -2.22. The third-order valence-electron chi connectivity index (χ3n) is 4.05. The highest BCUT2D eigenvalue weighted by atomic mass is 16.5. The van der Waals surface area contributed by atoms with Gasteiger partial charge in [-0.2, -0.15) is 5.10 Å². The second-order valence-electron chi connectivity index (χ2n) is 6.06. The van der Waals surface area contributed by atoms with Gasteiger partial charge in [0, 0.05) is 38.6 Å². The number of benzene rings is 1. The van der Waals surface area contributed by atoms with E-state index >= 15 is 0 Å². The van der Waals surface area contributed by atoms with E-state index in [4.69, 9.17) is 9.47 Å². The normalized spacial score (nSPS) is 10.9. The Morgan fingerprint density at radius 3 is 2.16 bits per heavy atom. The van der Waals surface area contributed by atoms with E-state index in [1.165, 1.54) is 0 Å². The Morgan fingerprint density at radius 2 is 1.68 bits per heavy atom. The number of aryl methyl sites for hydroxylation is 2. The average Bonchev–Trinajstić information content (AvgIpc) is 2.92. The molecule has 0 fully saturated rings. The van der Waals surface area contributed by atoms with Crippen LogP contribution in [0.3, 0.4) is 0 Å². The molecule has 0 unspecified atom stereocenters. The molecule has 0 saturated heterocycles. The zero-order valence-electron chi connectivity index (χ0n) is 15.5. The molecule has 136 valence electrons. The van der Waals surface area contributed by atoms with Crippen molar-refractivity contribution in [2.45, 2.75) is 20.4 Å². The summed E-state index contributed by atoms with van der Waals surface area (Å²) < 4.78 is 12.2. The molecule has 0 spiro atoms. The minimum Gasteiger partial charge on any atom is -0.383 e. The van der Waals surface area contributed by atoms with Gasteiger partial charge < -0.3 is 14.4 Å². The largest absolute Gasteiger partial charge is 0.383 e. The van der Waals surface area contributed by atoms with Crippen LogP contribution in [0.5, 0.6) is 0 Å². The molecule has 6 nitrogen and oxygen atoms in total. The van der Waals surface area contributed by atoms with E-state index in [9.17, 15) is 4.79 Å². The zero-order chi connectivity index (χ0) is 18.2. The maximum atomic E-state index is 12.7. The van der Waals surface area contributed by atoms with Gasteiger partial charge in [0.25, 0.3) is 5.91 Å². The Morgan fingerprint density at radius 1 is 1.08 bits per heavy atom. The summed E-state index contributed by atoms with van der Waals surface area (Å²) in [7, 11) is 3.26. The van der Waals surface area contributed by atoms with Gasteiger partial charge in [0.15, 0.2) is 0 Å². The van der Waals surface area contributed by atoms with E-state index < -0.39 is 0 Å². The molecule has 6 heteroatoms. The number of hydrogen-bond donors (Lipinski definition) is 0. The molecule has 1 aromatic carbocycles. The fourth-order valence-electron chi connectivity index (χ4n) is 2.66. The number of aromatic nitrogens is 2. The highest BCUT2D eigenvalue weighted by molar-refractivity contribution is 5.94. The number of amides is 1. The van der Waals surface area contributed by atoms with Crippen LogP contribution >= 0.6 is 0 Å². The molecule has 0 N–H and O–H groups in total. The predicted octanol–water partition coefficient (Wildman–Crippen LogP) is 2.28. The first kappa shape index (κ1) is 19.1. The van der Waals surface area contributed by atoms with Crippen LogP contribution in [-0.2, 0) is 16.0 Å². The Bertz CT molecular complexity index is 672. The quantitative estimate of drug-likeness (QED) is 0.700. The second kappa shape index (κ2) is 9.34. The minimum absolute atomic E-state index is 0.00763. The van der Waals surface area contributed by atoms with Gasteiger partial charge in [-0.1, -0.05) is 12.1 Å². The molecular formula is C19H27N3O3. The third kappa shape index (κ3) is 5.41. The molecule has 0 aliphatic rings. The monoisotopic (exact) mass is 345 g/mol. The summed E-state index contributed by atoms with van der Waals surface area (Å²) in [4.78, 5) is 14.4. The van der Waals surface area contributed by atoms with Gasteiger partial charge in [-0.15, -0.1) is 0 Å². The van der Waals surface area contributed by atoms with Crippen LogP contribution in [-0.4, -0.2) is 61.1 Å². The number of carbonyl (C=O) groups excluding carboxylic acids is 1. The molecule has 2 rings (SSSR count). The van der Waals surface area contributed by atoms with Crippen LogP contribution in [0.2, 0.25) is 0 Å². The number of hydrogen-bond acceptors (Lipinski definition) is 4. The second-order valence-corrected chi connectivity index (χ2v) is 6.06. The molecular weight excluding hydrogens is 318 g/mol. The smallest absolute Gasteiger partial charge is 0.254 e. The molecule has 1 amide bonds. The molecule has 0 atom stereocenters. The molecule has 0 aliphatic heterocycles. The molecule has 0 saturated carbocycles. The summed E-state index contributed by atoms with van der Waals surface area (Å²) in [5.41, 5.74) is 3.92. The first-order chi connectivity index (χ1) is 12.0. The summed E-state index contributed by atoms with van der Waals surface area (Å²) in [5, 5.41) is 4.47. The minimum atomic E-state index is -0.00763. The van der Waals surface area contributed by atoms with Gasteiger partial charge in [0.05, 0.1) is 25.5 Å². The summed E-state index contributed by atoms with van der Waals surface area (Å²) in [6.07, 6.45) is 0. The lowest BCUT2D eigenvalue weighted by Crippen LogP contribution is -2.36. The van der Waals surface area contributed by atoms with Crippen molar-refractivity contribution in [2.75, 3.05) is 40.5 Å². The number of rotatable bonds is 9. The highest BCUT2D eigenvalue weighted by Crippen LogP contribution is 2.11.